The summed E-state index contributed by atoms with van der Waals surface area (Å²) < 4.78 is 28.5. The smallest absolute Gasteiger partial charge is 0.410 e. The summed E-state index contributed by atoms with van der Waals surface area (Å²) in [4.78, 5) is 33.9. The Labute approximate surface area is 252 Å². The number of carbonyl (C=O) groups is 1. The Morgan fingerprint density at radius 1 is 1.07 bits per heavy atom. The van der Waals surface area contributed by atoms with Crippen molar-refractivity contribution >= 4 is 22.8 Å². The first kappa shape index (κ1) is 28.3. The van der Waals surface area contributed by atoms with Crippen molar-refractivity contribution in [1.82, 2.24) is 24.8 Å². The Balaban J connectivity index is 1.26. The van der Waals surface area contributed by atoms with Gasteiger partial charge in [-0.15, -0.1) is 0 Å². The third-order valence-electron chi connectivity index (χ3n) is 9.71. The van der Waals surface area contributed by atoms with E-state index in [1.54, 1.807) is 6.20 Å². The molecule has 0 aliphatic carbocycles. The third kappa shape index (κ3) is 5.07. The number of hydrogen-bond acceptors (Lipinski definition) is 8. The molecular weight excluding hydrogens is 547 g/mol. The van der Waals surface area contributed by atoms with Crippen LogP contribution in [0.5, 0.6) is 6.01 Å². The molecule has 43 heavy (non-hydrogen) atoms. The second-order valence-electron chi connectivity index (χ2n) is 13.7. The van der Waals surface area contributed by atoms with Gasteiger partial charge in [-0.2, -0.15) is 9.97 Å². The van der Waals surface area contributed by atoms with Crippen molar-refractivity contribution in [1.29, 1.82) is 0 Å². The maximum atomic E-state index is 16.4. The summed E-state index contributed by atoms with van der Waals surface area (Å²) in [6.07, 6.45) is 7.71. The molecule has 2 bridgehead atoms. The van der Waals surface area contributed by atoms with Crippen molar-refractivity contribution < 1.29 is 18.7 Å². The van der Waals surface area contributed by atoms with Crippen LogP contribution >= 0.6 is 0 Å². The summed E-state index contributed by atoms with van der Waals surface area (Å²) in [7, 11) is 0. The fraction of sp³-hybridized carbons (Fsp3) is 0.576. The van der Waals surface area contributed by atoms with E-state index in [2.05, 4.69) is 19.8 Å². The predicted molar refractivity (Wildman–Crippen MR) is 163 cm³/mol. The summed E-state index contributed by atoms with van der Waals surface area (Å²) in [5, 5.41) is 0.550. The molecule has 1 aromatic carbocycles. The second-order valence-corrected chi connectivity index (χ2v) is 13.7. The lowest BCUT2D eigenvalue weighted by Crippen LogP contribution is -2.57. The Hall–Kier alpha value is -3.53. The standard InChI is InChI=1S/C33H41FN6O3/c1-21-9-5-6-10-24(21)27-26(34)28-25(17-35-27)29(37-30(36-28)42-20-33-13-7-15-39(33)16-8-14-33)38-18-22-11-12-23(19-38)40(22)31(41)43-32(2,3)4/h5-6,9-10,17,22-23H,7-8,11-16,18-20H2,1-4H3/t22-,23+. The Kier molecular flexibility index (Phi) is 6.95. The van der Waals surface area contributed by atoms with Crippen molar-refractivity contribution in [3.63, 3.8) is 0 Å². The van der Waals surface area contributed by atoms with Crippen LogP contribution in [-0.4, -0.2) is 86.9 Å². The number of pyridine rings is 1. The predicted octanol–water partition coefficient (Wildman–Crippen LogP) is 5.73. The highest BCUT2D eigenvalue weighted by molar-refractivity contribution is 5.92. The minimum Gasteiger partial charge on any atom is -0.461 e. The molecule has 10 heteroatoms. The number of piperazine rings is 1. The third-order valence-corrected chi connectivity index (χ3v) is 9.71. The minimum absolute atomic E-state index is 0.0136. The molecule has 228 valence electrons. The number of carbonyl (C=O) groups excluding carboxylic acids is 1. The first-order valence-corrected chi connectivity index (χ1v) is 15.7. The molecule has 0 saturated carbocycles. The van der Waals surface area contributed by atoms with Crippen LogP contribution in [0.25, 0.3) is 22.2 Å². The SMILES string of the molecule is Cc1ccccc1-c1ncc2c(N3C[C@H]4CC[C@@H](C3)N4C(=O)OC(C)(C)C)nc(OCC34CCCN3CCC4)nc2c1F. The molecule has 4 aliphatic heterocycles. The topological polar surface area (TPSA) is 83.9 Å². The fourth-order valence-electron chi connectivity index (χ4n) is 7.70. The van der Waals surface area contributed by atoms with Gasteiger partial charge < -0.3 is 14.4 Å². The molecule has 2 aromatic heterocycles. The first-order valence-electron chi connectivity index (χ1n) is 15.7. The maximum absolute atomic E-state index is 16.4. The summed E-state index contributed by atoms with van der Waals surface area (Å²) >= 11 is 0. The number of aryl methyl sites for hydroxylation is 1. The zero-order valence-corrected chi connectivity index (χ0v) is 25.6. The van der Waals surface area contributed by atoms with E-state index < -0.39 is 11.4 Å². The summed E-state index contributed by atoms with van der Waals surface area (Å²) in [6.45, 7) is 11.4. The van der Waals surface area contributed by atoms with Gasteiger partial charge in [0.1, 0.15) is 29.2 Å². The zero-order valence-electron chi connectivity index (χ0n) is 25.6. The number of anilines is 1. The lowest BCUT2D eigenvalue weighted by atomic mass is 9.95. The van der Waals surface area contributed by atoms with Gasteiger partial charge in [-0.25, -0.2) is 9.18 Å². The van der Waals surface area contributed by atoms with Crippen molar-refractivity contribution in [2.45, 2.75) is 89.4 Å². The molecule has 6 heterocycles. The van der Waals surface area contributed by atoms with Gasteiger partial charge in [0.05, 0.1) is 23.0 Å². The van der Waals surface area contributed by atoms with Crippen LogP contribution in [0.2, 0.25) is 0 Å². The molecular formula is C33H41FN6O3. The lowest BCUT2D eigenvalue weighted by molar-refractivity contribution is 0.0122. The Bertz CT molecular complexity index is 1530. The largest absolute Gasteiger partial charge is 0.461 e. The zero-order chi connectivity index (χ0) is 29.9. The molecule has 2 atom stereocenters. The molecule has 7 rings (SSSR count). The molecule has 3 aromatic rings. The van der Waals surface area contributed by atoms with Crippen LogP contribution in [0.1, 0.15) is 64.9 Å². The summed E-state index contributed by atoms with van der Waals surface area (Å²) in [5.74, 6) is 0.132. The number of amides is 1. The Morgan fingerprint density at radius 2 is 1.77 bits per heavy atom. The molecule has 0 radical (unpaired) electrons. The molecule has 4 fully saturated rings. The quantitative estimate of drug-likeness (QED) is 0.374. The van der Waals surface area contributed by atoms with E-state index in [9.17, 15) is 4.79 Å². The van der Waals surface area contributed by atoms with Gasteiger partial charge in [0.2, 0.25) is 0 Å². The average Bonchev–Trinajstić information content (AvgIpc) is 3.62. The van der Waals surface area contributed by atoms with E-state index in [0.29, 0.717) is 30.9 Å². The normalized spacial score (nSPS) is 23.2. The van der Waals surface area contributed by atoms with E-state index in [1.807, 2.05) is 56.9 Å². The van der Waals surface area contributed by atoms with Gasteiger partial charge in [0, 0.05) is 24.8 Å². The fourth-order valence-corrected chi connectivity index (χ4v) is 7.70. The van der Waals surface area contributed by atoms with Gasteiger partial charge in [-0.1, -0.05) is 24.3 Å². The molecule has 4 aliphatic rings. The number of hydrogen-bond donors (Lipinski definition) is 0. The van der Waals surface area contributed by atoms with Crippen LogP contribution < -0.4 is 9.64 Å². The summed E-state index contributed by atoms with van der Waals surface area (Å²) in [5.41, 5.74) is 1.61. The van der Waals surface area contributed by atoms with Gasteiger partial charge in [0.25, 0.3) is 0 Å². The number of rotatable bonds is 5. The molecule has 4 saturated heterocycles. The van der Waals surface area contributed by atoms with Crippen molar-refractivity contribution in [2.24, 2.45) is 0 Å². The Morgan fingerprint density at radius 3 is 2.44 bits per heavy atom. The molecule has 0 spiro atoms. The number of benzene rings is 1. The van der Waals surface area contributed by atoms with Gasteiger partial charge in [0.15, 0.2) is 5.82 Å². The van der Waals surface area contributed by atoms with E-state index in [-0.39, 0.29) is 40.9 Å². The van der Waals surface area contributed by atoms with E-state index in [4.69, 9.17) is 14.5 Å². The van der Waals surface area contributed by atoms with E-state index in [0.717, 1.165) is 62.7 Å². The number of fused-ring (bicyclic) bond motifs is 4. The average molecular weight is 589 g/mol. The lowest BCUT2D eigenvalue weighted by Gasteiger charge is -2.42. The molecule has 0 N–H and O–H groups in total. The van der Waals surface area contributed by atoms with Gasteiger partial charge in [-0.05, 0) is 84.9 Å². The van der Waals surface area contributed by atoms with Gasteiger partial charge in [-0.3, -0.25) is 14.8 Å². The highest BCUT2D eigenvalue weighted by atomic mass is 19.1. The summed E-state index contributed by atoms with van der Waals surface area (Å²) in [6, 6.07) is 7.82. The highest BCUT2D eigenvalue weighted by Crippen LogP contribution is 2.41. The minimum atomic E-state index is -0.561. The number of ether oxygens (including phenoxy) is 2. The van der Waals surface area contributed by atoms with Crippen molar-refractivity contribution in [3.05, 3.63) is 41.8 Å². The molecule has 1 amide bonds. The van der Waals surface area contributed by atoms with Crippen LogP contribution in [-0.2, 0) is 4.74 Å². The maximum Gasteiger partial charge on any atom is 0.410 e. The second kappa shape index (κ2) is 10.6. The number of aromatic nitrogens is 3. The molecule has 9 nitrogen and oxygen atoms in total. The van der Waals surface area contributed by atoms with Gasteiger partial charge >= 0.3 is 12.1 Å². The highest BCUT2D eigenvalue weighted by Gasteiger charge is 2.46. The first-order chi connectivity index (χ1) is 20.6. The molecule has 0 unspecified atom stereocenters. The number of nitrogens with zero attached hydrogens (tertiary/aromatic N) is 6. The van der Waals surface area contributed by atoms with Crippen LogP contribution in [0.15, 0.2) is 30.5 Å². The van der Waals surface area contributed by atoms with Crippen LogP contribution in [0.4, 0.5) is 15.0 Å². The van der Waals surface area contributed by atoms with Crippen LogP contribution in [0.3, 0.4) is 0 Å². The van der Waals surface area contributed by atoms with Crippen molar-refractivity contribution in [2.75, 3.05) is 37.7 Å². The van der Waals surface area contributed by atoms with Crippen molar-refractivity contribution in [3.8, 4) is 17.3 Å². The van der Waals surface area contributed by atoms with E-state index >= 15 is 4.39 Å². The number of halogens is 1. The van der Waals surface area contributed by atoms with Crippen LogP contribution in [0, 0.1) is 12.7 Å². The van der Waals surface area contributed by atoms with E-state index in [1.165, 1.54) is 0 Å². The monoisotopic (exact) mass is 588 g/mol.